The van der Waals surface area contributed by atoms with Gasteiger partial charge in [-0.05, 0) is 0 Å². The number of hydrogen-bond donors (Lipinski definition) is 1. The van der Waals surface area contributed by atoms with Crippen molar-refractivity contribution in [3.8, 4) is 0 Å². The van der Waals surface area contributed by atoms with E-state index in [2.05, 4.69) is 0 Å². The van der Waals surface area contributed by atoms with Crippen molar-refractivity contribution in [3.63, 3.8) is 0 Å². The number of halogens is 7. The standard InChI is InChI=1S/C6HF7O/c7-1-2(14)4(9)3(1,8)5(10,11)6(4,12)13/h14H/t3-,4+/m1/s1. The molecule has 0 amide bonds. The summed E-state index contributed by atoms with van der Waals surface area (Å²) in [5.74, 6) is -15.8. The lowest BCUT2D eigenvalue weighted by Crippen LogP contribution is -2.91. The molecule has 2 atom stereocenters. The SMILES string of the molecule is OC1=C(F)[C@]2(F)C(F)(F)C(F)(F)[C@]12F. The van der Waals surface area contributed by atoms with Crippen LogP contribution < -0.4 is 0 Å². The van der Waals surface area contributed by atoms with Gasteiger partial charge in [-0.1, -0.05) is 0 Å². The summed E-state index contributed by atoms with van der Waals surface area (Å²) < 4.78 is 87.2. The normalized spacial score (nSPS) is 47.9. The smallest absolute Gasteiger partial charge is 0.358 e. The van der Waals surface area contributed by atoms with Gasteiger partial charge in [-0.3, -0.25) is 0 Å². The van der Waals surface area contributed by atoms with E-state index in [0.717, 1.165) is 0 Å². The summed E-state index contributed by atoms with van der Waals surface area (Å²) in [7, 11) is 0. The van der Waals surface area contributed by atoms with Gasteiger partial charge < -0.3 is 5.11 Å². The molecule has 0 saturated heterocycles. The summed E-state index contributed by atoms with van der Waals surface area (Å²) in [6.45, 7) is 0. The maximum Gasteiger partial charge on any atom is 0.358 e. The second-order valence-electron chi connectivity index (χ2n) is 3.13. The van der Waals surface area contributed by atoms with Crippen molar-refractivity contribution in [1.82, 2.24) is 0 Å². The van der Waals surface area contributed by atoms with Gasteiger partial charge in [0, 0.05) is 0 Å². The zero-order valence-electron chi connectivity index (χ0n) is 6.09. The minimum absolute atomic E-state index is 2.30. The van der Waals surface area contributed by atoms with Gasteiger partial charge in [0.1, 0.15) is 0 Å². The van der Waals surface area contributed by atoms with Gasteiger partial charge in [0.05, 0.1) is 0 Å². The Morgan fingerprint density at radius 1 is 0.786 bits per heavy atom. The molecule has 0 spiro atoms. The van der Waals surface area contributed by atoms with Crippen molar-refractivity contribution in [2.24, 2.45) is 0 Å². The van der Waals surface area contributed by atoms with Gasteiger partial charge in [-0.15, -0.1) is 0 Å². The van der Waals surface area contributed by atoms with Crippen LogP contribution in [0.3, 0.4) is 0 Å². The lowest BCUT2D eigenvalue weighted by atomic mass is 9.52. The highest BCUT2D eigenvalue weighted by atomic mass is 19.3. The highest BCUT2D eigenvalue weighted by Crippen LogP contribution is 2.78. The van der Waals surface area contributed by atoms with E-state index in [4.69, 9.17) is 5.11 Å². The molecule has 0 heterocycles. The van der Waals surface area contributed by atoms with Gasteiger partial charge in [0.15, 0.2) is 11.6 Å². The fourth-order valence-electron chi connectivity index (χ4n) is 1.66. The monoisotopic (exact) mass is 222 g/mol. The zero-order valence-corrected chi connectivity index (χ0v) is 6.09. The molecule has 1 N–H and O–H groups in total. The van der Waals surface area contributed by atoms with E-state index in [1.54, 1.807) is 0 Å². The number of rotatable bonds is 0. The molecule has 2 rings (SSSR count). The third kappa shape index (κ3) is 0.428. The minimum Gasteiger partial charge on any atom is -0.506 e. The van der Waals surface area contributed by atoms with Crippen LogP contribution >= 0.6 is 0 Å². The Morgan fingerprint density at radius 3 is 1.50 bits per heavy atom. The Balaban J connectivity index is 2.65. The van der Waals surface area contributed by atoms with E-state index in [1.165, 1.54) is 0 Å². The number of aliphatic hydroxyl groups is 1. The molecule has 1 nitrogen and oxygen atoms in total. The summed E-state index contributed by atoms with van der Waals surface area (Å²) in [5, 5.41) is 8.28. The molecule has 2 aliphatic rings. The first-order chi connectivity index (χ1) is 6.07. The lowest BCUT2D eigenvalue weighted by molar-refractivity contribution is -0.441. The van der Waals surface area contributed by atoms with Crippen LogP contribution in [0.5, 0.6) is 0 Å². The Morgan fingerprint density at radius 2 is 1.14 bits per heavy atom. The summed E-state index contributed by atoms with van der Waals surface area (Å²) in [6, 6.07) is 0. The van der Waals surface area contributed by atoms with Crippen LogP contribution in [0.25, 0.3) is 0 Å². The topological polar surface area (TPSA) is 20.2 Å². The predicted molar refractivity (Wildman–Crippen MR) is 28.3 cm³/mol. The second-order valence-corrected chi connectivity index (χ2v) is 3.13. The highest BCUT2D eigenvalue weighted by molar-refractivity contribution is 5.57. The molecular formula is C6HF7O. The van der Waals surface area contributed by atoms with Gasteiger partial charge >= 0.3 is 11.8 Å². The van der Waals surface area contributed by atoms with Crippen LogP contribution in [0.1, 0.15) is 0 Å². The van der Waals surface area contributed by atoms with E-state index in [1.807, 2.05) is 0 Å². The molecule has 0 aliphatic heterocycles. The molecule has 2 aliphatic carbocycles. The first-order valence-electron chi connectivity index (χ1n) is 3.30. The molecule has 8 heteroatoms. The van der Waals surface area contributed by atoms with E-state index < -0.39 is 34.8 Å². The molecule has 0 aromatic heterocycles. The maximum atomic E-state index is 12.8. The quantitative estimate of drug-likeness (QED) is 0.624. The van der Waals surface area contributed by atoms with Crippen LogP contribution in [-0.2, 0) is 0 Å². The van der Waals surface area contributed by atoms with Crippen molar-refractivity contribution in [3.05, 3.63) is 11.6 Å². The zero-order chi connectivity index (χ0) is 11.2. The predicted octanol–water partition coefficient (Wildman–Crippen LogP) is 2.44. The molecule has 0 unspecified atom stereocenters. The van der Waals surface area contributed by atoms with E-state index in [9.17, 15) is 30.7 Å². The molecular weight excluding hydrogens is 221 g/mol. The Kier molecular flexibility index (Phi) is 1.20. The van der Waals surface area contributed by atoms with Gasteiger partial charge in [-0.25, -0.2) is 13.2 Å². The van der Waals surface area contributed by atoms with Crippen LogP contribution in [0.4, 0.5) is 30.7 Å². The molecule has 0 aromatic rings. The number of alkyl halides is 6. The fraction of sp³-hybridized carbons (Fsp3) is 0.667. The molecule has 0 bridgehead atoms. The summed E-state index contributed by atoms with van der Waals surface area (Å²) >= 11 is 0. The minimum atomic E-state index is -5.48. The van der Waals surface area contributed by atoms with Crippen molar-refractivity contribution in [1.29, 1.82) is 0 Å². The molecule has 1 fully saturated rings. The van der Waals surface area contributed by atoms with Crippen LogP contribution in [0, 0.1) is 0 Å². The Hall–Kier alpha value is -0.950. The second kappa shape index (κ2) is 1.74. The summed E-state index contributed by atoms with van der Waals surface area (Å²) in [6.07, 6.45) is 0. The third-order valence-corrected chi connectivity index (χ3v) is 2.57. The molecule has 0 radical (unpaired) electrons. The van der Waals surface area contributed by atoms with Crippen molar-refractivity contribution >= 4 is 0 Å². The highest BCUT2D eigenvalue weighted by Gasteiger charge is 3.06. The van der Waals surface area contributed by atoms with E-state index >= 15 is 0 Å². The van der Waals surface area contributed by atoms with Crippen molar-refractivity contribution in [2.75, 3.05) is 0 Å². The number of hydrogen-bond acceptors (Lipinski definition) is 1. The van der Waals surface area contributed by atoms with Crippen LogP contribution in [0.15, 0.2) is 11.6 Å². The molecule has 0 aromatic carbocycles. The Labute approximate surface area is 71.8 Å². The van der Waals surface area contributed by atoms with Crippen LogP contribution in [0.2, 0.25) is 0 Å². The van der Waals surface area contributed by atoms with E-state index in [-0.39, 0.29) is 0 Å². The first kappa shape index (κ1) is 9.60. The number of allylic oxidation sites excluding steroid dienone is 2. The first-order valence-corrected chi connectivity index (χ1v) is 3.30. The molecule has 80 valence electrons. The summed E-state index contributed by atoms with van der Waals surface area (Å²) in [4.78, 5) is 0. The largest absolute Gasteiger partial charge is 0.506 e. The van der Waals surface area contributed by atoms with Gasteiger partial charge in [-0.2, -0.15) is 17.6 Å². The van der Waals surface area contributed by atoms with Gasteiger partial charge in [0.25, 0.3) is 11.3 Å². The fourth-order valence-corrected chi connectivity index (χ4v) is 1.66. The summed E-state index contributed by atoms with van der Waals surface area (Å²) in [5.41, 5.74) is -9.36. The van der Waals surface area contributed by atoms with Gasteiger partial charge in [0.2, 0.25) is 0 Å². The molecule has 1 saturated carbocycles. The third-order valence-electron chi connectivity index (χ3n) is 2.57. The number of aliphatic hydroxyl groups excluding tert-OH is 1. The lowest BCUT2D eigenvalue weighted by Gasteiger charge is -2.61. The van der Waals surface area contributed by atoms with Crippen molar-refractivity contribution in [2.45, 2.75) is 23.2 Å². The number of fused-ring (bicyclic) bond motifs is 1. The van der Waals surface area contributed by atoms with Crippen molar-refractivity contribution < 1.29 is 35.8 Å². The maximum absolute atomic E-state index is 12.8. The average molecular weight is 222 g/mol. The van der Waals surface area contributed by atoms with E-state index in [0.29, 0.717) is 0 Å². The Bertz CT molecular complexity index is 327. The average Bonchev–Trinajstić information content (AvgIpc) is 2.11. The molecule has 14 heavy (non-hydrogen) atoms. The van der Waals surface area contributed by atoms with Crippen LogP contribution in [-0.4, -0.2) is 28.3 Å².